The second-order valence-corrected chi connectivity index (χ2v) is 14.1. The number of rotatable bonds is 10. The highest BCUT2D eigenvalue weighted by molar-refractivity contribution is 7.60. The zero-order valence-corrected chi connectivity index (χ0v) is 24.6. The van der Waals surface area contributed by atoms with Gasteiger partial charge in [-0.25, -0.2) is 4.79 Å². The van der Waals surface area contributed by atoms with Gasteiger partial charge >= 0.3 is 12.0 Å². The minimum atomic E-state index is -3.86. The second kappa shape index (κ2) is 12.7. The van der Waals surface area contributed by atoms with Crippen molar-refractivity contribution >= 4 is 31.2 Å². The van der Waals surface area contributed by atoms with Crippen LogP contribution in [0.1, 0.15) is 72.3 Å². The van der Waals surface area contributed by atoms with E-state index in [1.54, 1.807) is 27.7 Å². The van der Waals surface area contributed by atoms with Crippen molar-refractivity contribution in [3.8, 4) is 0 Å². The lowest BCUT2D eigenvalue weighted by Gasteiger charge is -2.36. The van der Waals surface area contributed by atoms with Crippen LogP contribution in [0.4, 0.5) is 4.79 Å². The van der Waals surface area contributed by atoms with E-state index in [-0.39, 0.29) is 37.9 Å². The normalized spacial score (nSPS) is 25.4. The van der Waals surface area contributed by atoms with E-state index in [1.165, 1.54) is 0 Å². The molecule has 0 radical (unpaired) electrons. The van der Waals surface area contributed by atoms with Crippen LogP contribution in [0.5, 0.6) is 0 Å². The quantitative estimate of drug-likeness (QED) is 0.323. The van der Waals surface area contributed by atoms with Gasteiger partial charge in [-0.15, -0.1) is 0 Å². The first-order chi connectivity index (χ1) is 18.3. The van der Waals surface area contributed by atoms with Crippen LogP contribution in [0.15, 0.2) is 30.3 Å². The lowest BCUT2D eigenvalue weighted by atomic mass is 10.1. The first-order valence-electron chi connectivity index (χ1n) is 13.8. The fraction of sp³-hybridized carbons (Fsp3) is 0.643. The number of carbonyl (C=O) groups is 4. The number of benzene rings is 1. The van der Waals surface area contributed by atoms with Crippen molar-refractivity contribution in [2.75, 3.05) is 19.3 Å². The van der Waals surface area contributed by atoms with Crippen molar-refractivity contribution in [1.29, 1.82) is 0 Å². The molecule has 2 fully saturated rings. The molecule has 2 aliphatic rings. The Labute approximate surface area is 231 Å². The van der Waals surface area contributed by atoms with E-state index in [9.17, 15) is 23.7 Å². The van der Waals surface area contributed by atoms with Gasteiger partial charge in [0.25, 0.3) is 0 Å². The molecule has 4 unspecified atom stereocenters. The molecule has 10 nitrogen and oxygen atoms in total. The summed E-state index contributed by atoms with van der Waals surface area (Å²) in [4.78, 5) is 52.3. The number of aryl methyl sites for hydroxylation is 1. The van der Waals surface area contributed by atoms with E-state index in [2.05, 4.69) is 10.6 Å². The molecule has 2 aliphatic heterocycles. The molecule has 2 heterocycles. The van der Waals surface area contributed by atoms with Crippen LogP contribution in [-0.4, -0.2) is 71.1 Å². The number of ether oxygens (including phenoxy) is 1. The predicted molar refractivity (Wildman–Crippen MR) is 147 cm³/mol. The smallest absolute Gasteiger partial charge is 0.414 e. The monoisotopic (exact) mass is 564 g/mol. The third-order valence-electron chi connectivity index (χ3n) is 7.40. The molecule has 0 spiro atoms. The van der Waals surface area contributed by atoms with Crippen molar-refractivity contribution < 1.29 is 37.5 Å². The Hall–Kier alpha value is -2.55. The van der Waals surface area contributed by atoms with Gasteiger partial charge in [0.1, 0.15) is 29.6 Å². The molecular formula is C28H43N3O7P+. The van der Waals surface area contributed by atoms with Gasteiger partial charge in [0.2, 0.25) is 19.2 Å². The number of nitrogens with zero attached hydrogens (tertiary/aromatic N) is 1. The molecule has 0 aliphatic carbocycles. The predicted octanol–water partition coefficient (Wildman–Crippen LogP) is 4.12. The summed E-state index contributed by atoms with van der Waals surface area (Å²) in [6, 6.07) is 8.47. The maximum atomic E-state index is 14.6. The van der Waals surface area contributed by atoms with Gasteiger partial charge in [0, 0.05) is 19.3 Å². The van der Waals surface area contributed by atoms with Gasteiger partial charge in [-0.3, -0.25) is 14.2 Å². The summed E-state index contributed by atoms with van der Waals surface area (Å²) in [7, 11) is -3.86. The molecule has 11 heteroatoms. The summed E-state index contributed by atoms with van der Waals surface area (Å²) in [6.45, 7) is 9.07. The van der Waals surface area contributed by atoms with Crippen LogP contribution in [0, 0.1) is 0 Å². The zero-order valence-electron chi connectivity index (χ0n) is 23.7. The summed E-state index contributed by atoms with van der Waals surface area (Å²) in [5.74, 6) is -2.19. The Morgan fingerprint density at radius 1 is 1.18 bits per heavy atom. The minimum absolute atomic E-state index is 0.0599. The topological polar surface area (TPSA) is 128 Å². The Bertz CT molecular complexity index is 1100. The summed E-state index contributed by atoms with van der Waals surface area (Å²) >= 11 is 0. The maximum Gasteiger partial charge on any atom is 0.524 e. The Kier molecular flexibility index (Phi) is 10.1. The molecule has 1 aromatic carbocycles. The van der Waals surface area contributed by atoms with Crippen LogP contribution in [0.2, 0.25) is 0 Å². The SMILES string of the molecule is CCOP(=O)(CC(=O)[N+]1(C(=O)OC(C)(C)C)CCC[C@H]1C)C(CCc1ccccc1)NC(=O)C1CCC(=O)N1. The molecular weight excluding hydrogens is 521 g/mol. The largest absolute Gasteiger partial charge is 0.524 e. The van der Waals surface area contributed by atoms with Gasteiger partial charge < -0.3 is 19.9 Å². The number of imide groups is 1. The van der Waals surface area contributed by atoms with Crippen molar-refractivity contribution in [2.45, 2.75) is 96.6 Å². The summed E-state index contributed by atoms with van der Waals surface area (Å²) in [6.07, 6.45) is 1.45. The molecule has 2 saturated heterocycles. The van der Waals surface area contributed by atoms with E-state index in [0.29, 0.717) is 25.7 Å². The highest BCUT2D eigenvalue weighted by atomic mass is 31.2. The van der Waals surface area contributed by atoms with Crippen molar-refractivity contribution in [3.05, 3.63) is 35.9 Å². The van der Waals surface area contributed by atoms with Crippen LogP contribution in [0.3, 0.4) is 0 Å². The summed E-state index contributed by atoms with van der Waals surface area (Å²) in [5, 5.41) is 5.48. The van der Waals surface area contributed by atoms with Gasteiger partial charge in [-0.1, -0.05) is 30.3 Å². The average molecular weight is 565 g/mol. The number of nitrogens with one attached hydrogen (secondary N) is 2. The number of carbonyl (C=O) groups excluding carboxylic acids is 4. The number of likely N-dealkylation sites (tertiary alicyclic amines) is 1. The van der Waals surface area contributed by atoms with Crippen LogP contribution < -0.4 is 10.6 Å². The van der Waals surface area contributed by atoms with Crippen molar-refractivity contribution in [2.24, 2.45) is 0 Å². The Morgan fingerprint density at radius 3 is 2.41 bits per heavy atom. The minimum Gasteiger partial charge on any atom is -0.414 e. The molecule has 4 amide bonds. The Balaban J connectivity index is 1.92. The van der Waals surface area contributed by atoms with Crippen molar-refractivity contribution in [3.63, 3.8) is 0 Å². The van der Waals surface area contributed by atoms with E-state index in [4.69, 9.17) is 9.26 Å². The zero-order chi connectivity index (χ0) is 28.8. The highest BCUT2D eigenvalue weighted by Crippen LogP contribution is 2.53. The number of hydrogen-bond acceptors (Lipinski definition) is 7. The van der Waals surface area contributed by atoms with Gasteiger partial charge in [0.15, 0.2) is 0 Å². The van der Waals surface area contributed by atoms with Gasteiger partial charge in [0.05, 0.1) is 13.2 Å². The van der Waals surface area contributed by atoms with E-state index < -0.39 is 53.3 Å². The van der Waals surface area contributed by atoms with Crippen LogP contribution in [-0.2, 0) is 34.6 Å². The molecule has 0 saturated carbocycles. The first kappa shape index (κ1) is 31.0. The van der Waals surface area contributed by atoms with Crippen molar-refractivity contribution in [1.82, 2.24) is 10.6 Å². The van der Waals surface area contributed by atoms with Gasteiger partial charge in [-0.05, 0) is 59.4 Å². The van der Waals surface area contributed by atoms with Gasteiger partial charge in [-0.2, -0.15) is 9.28 Å². The van der Waals surface area contributed by atoms with Crippen LogP contribution in [0.25, 0.3) is 0 Å². The molecule has 3 rings (SSSR count). The molecule has 0 bridgehead atoms. The average Bonchev–Trinajstić information content (AvgIpc) is 3.47. The lowest BCUT2D eigenvalue weighted by molar-refractivity contribution is -0.792. The highest BCUT2D eigenvalue weighted by Gasteiger charge is 2.57. The number of quaternary nitrogens is 1. The molecule has 216 valence electrons. The summed E-state index contributed by atoms with van der Waals surface area (Å²) in [5.41, 5.74) is 0.178. The van der Waals surface area contributed by atoms with E-state index in [1.807, 2.05) is 37.3 Å². The third-order valence-corrected chi connectivity index (χ3v) is 10.1. The first-order valence-corrected chi connectivity index (χ1v) is 15.7. The molecule has 2 N–H and O–H groups in total. The maximum absolute atomic E-state index is 14.6. The number of amides is 4. The van der Waals surface area contributed by atoms with E-state index in [0.717, 1.165) is 5.56 Å². The van der Waals surface area contributed by atoms with E-state index >= 15 is 0 Å². The molecule has 0 aromatic heterocycles. The molecule has 5 atom stereocenters. The third kappa shape index (κ3) is 7.56. The number of hydrogen-bond donors (Lipinski definition) is 2. The molecule has 39 heavy (non-hydrogen) atoms. The second-order valence-electron chi connectivity index (χ2n) is 11.5. The fourth-order valence-electron chi connectivity index (χ4n) is 5.33. The summed E-state index contributed by atoms with van der Waals surface area (Å²) < 4.78 is 25.5. The Morgan fingerprint density at radius 2 is 1.87 bits per heavy atom. The fourth-order valence-corrected chi connectivity index (χ4v) is 7.74. The lowest BCUT2D eigenvalue weighted by Crippen LogP contribution is -2.61. The standard InChI is InChI=1S/C28H42N3O7P/c1-6-37-39(36,19-25(33)31(18-10-11-20(31)2)27(35)38-28(3,4)5)24(17-14-21-12-8-7-9-13-21)30-26(34)22-15-16-23(32)29-22/h7-9,12-13,20,22,24H,6,10-11,14-19H2,1-5H3,(H-,29,30,32,34)/p+1/t20-,22?,24?,31?,39?/m1/s1. The van der Waals surface area contributed by atoms with Crippen LogP contribution >= 0.6 is 7.37 Å². The molecule has 1 aromatic rings.